The second-order valence-corrected chi connectivity index (χ2v) is 13.1. The van der Waals surface area contributed by atoms with E-state index in [0.29, 0.717) is 22.2 Å². The Balaban J connectivity index is 1.86. The smallest absolute Gasteiger partial charge is 0.264 e. The van der Waals surface area contributed by atoms with Crippen LogP contribution >= 0.6 is 23.2 Å². The van der Waals surface area contributed by atoms with Gasteiger partial charge in [0.15, 0.2) is 0 Å². The van der Waals surface area contributed by atoms with Crippen molar-refractivity contribution in [1.29, 1.82) is 0 Å². The SMILES string of the molecule is CCNC(=O)[C@@H](Cc1ccccc1)N(Cc1ccc(Cl)cc1Cl)C(=O)CN(c1cc(C)ccc1OC)S(=O)(=O)c1ccccc1. The zero-order valence-corrected chi connectivity index (χ0v) is 27.6. The number of nitrogens with zero attached hydrogens (tertiary/aromatic N) is 2. The Labute approximate surface area is 274 Å². The van der Waals surface area contributed by atoms with Crippen LogP contribution in [0.3, 0.4) is 0 Å². The lowest BCUT2D eigenvalue weighted by atomic mass is 10.0. The zero-order chi connectivity index (χ0) is 32.6. The highest BCUT2D eigenvalue weighted by Crippen LogP contribution is 2.34. The van der Waals surface area contributed by atoms with Gasteiger partial charge < -0.3 is 15.0 Å². The highest BCUT2D eigenvalue weighted by Gasteiger charge is 2.35. The zero-order valence-electron chi connectivity index (χ0n) is 25.2. The quantitative estimate of drug-likeness (QED) is 0.181. The number of carbonyl (C=O) groups excluding carboxylic acids is 2. The normalized spacial score (nSPS) is 11.8. The number of anilines is 1. The third-order valence-corrected chi connectivity index (χ3v) is 9.55. The van der Waals surface area contributed by atoms with Gasteiger partial charge in [-0.1, -0.05) is 83.9 Å². The molecule has 4 aromatic rings. The molecule has 0 aliphatic rings. The van der Waals surface area contributed by atoms with E-state index in [4.69, 9.17) is 27.9 Å². The molecular weight excluding hydrogens is 633 g/mol. The molecular formula is C34H35Cl2N3O5S. The Morgan fingerprint density at radius 3 is 2.20 bits per heavy atom. The van der Waals surface area contributed by atoms with Crippen LogP contribution in [0.5, 0.6) is 5.75 Å². The molecule has 0 aliphatic carbocycles. The molecule has 0 aromatic heterocycles. The van der Waals surface area contributed by atoms with E-state index in [9.17, 15) is 18.0 Å². The van der Waals surface area contributed by atoms with Gasteiger partial charge in [-0.25, -0.2) is 8.42 Å². The van der Waals surface area contributed by atoms with E-state index in [1.807, 2.05) is 37.3 Å². The van der Waals surface area contributed by atoms with Gasteiger partial charge in [0.25, 0.3) is 10.0 Å². The Hall–Kier alpha value is -4.05. The van der Waals surface area contributed by atoms with Crippen LogP contribution < -0.4 is 14.4 Å². The molecule has 0 saturated heterocycles. The Bertz CT molecular complexity index is 1740. The fourth-order valence-corrected chi connectivity index (χ4v) is 6.81. The van der Waals surface area contributed by atoms with Crippen molar-refractivity contribution in [2.75, 3.05) is 24.5 Å². The summed E-state index contributed by atoms with van der Waals surface area (Å²) in [7, 11) is -2.84. The van der Waals surface area contributed by atoms with E-state index in [2.05, 4.69) is 5.32 Å². The van der Waals surface area contributed by atoms with Crippen LogP contribution in [0.15, 0.2) is 102 Å². The molecule has 11 heteroatoms. The van der Waals surface area contributed by atoms with Crippen molar-refractivity contribution < 1.29 is 22.7 Å². The molecule has 0 bridgehead atoms. The first-order chi connectivity index (χ1) is 21.5. The molecule has 0 spiro atoms. The van der Waals surface area contributed by atoms with Crippen LogP contribution in [-0.2, 0) is 32.6 Å². The first kappa shape index (κ1) is 33.8. The maximum absolute atomic E-state index is 14.5. The van der Waals surface area contributed by atoms with E-state index in [-0.39, 0.29) is 35.2 Å². The lowest BCUT2D eigenvalue weighted by Gasteiger charge is -2.34. The molecule has 0 radical (unpaired) electrons. The molecule has 0 saturated carbocycles. The van der Waals surface area contributed by atoms with E-state index < -0.39 is 28.5 Å². The number of methoxy groups -OCH3 is 1. The number of likely N-dealkylation sites (N-methyl/N-ethyl adjacent to an activating group) is 1. The summed E-state index contributed by atoms with van der Waals surface area (Å²) in [6.45, 7) is 3.25. The molecule has 0 fully saturated rings. The minimum Gasteiger partial charge on any atom is -0.495 e. The van der Waals surface area contributed by atoms with Crippen molar-refractivity contribution in [3.8, 4) is 5.75 Å². The third-order valence-electron chi connectivity index (χ3n) is 7.19. The molecule has 1 N–H and O–H groups in total. The van der Waals surface area contributed by atoms with Crippen molar-refractivity contribution in [3.63, 3.8) is 0 Å². The van der Waals surface area contributed by atoms with E-state index >= 15 is 0 Å². The van der Waals surface area contributed by atoms with Crippen LogP contribution in [0, 0.1) is 6.92 Å². The molecule has 0 aliphatic heterocycles. The molecule has 1 atom stereocenters. The summed E-state index contributed by atoms with van der Waals surface area (Å²) >= 11 is 12.7. The van der Waals surface area contributed by atoms with Gasteiger partial charge in [0, 0.05) is 29.6 Å². The number of nitrogens with one attached hydrogen (secondary N) is 1. The average molecular weight is 669 g/mol. The topological polar surface area (TPSA) is 96.0 Å². The number of carbonyl (C=O) groups is 2. The number of rotatable bonds is 13. The molecule has 0 unspecified atom stereocenters. The summed E-state index contributed by atoms with van der Waals surface area (Å²) in [5, 5.41) is 3.56. The molecule has 0 heterocycles. The summed E-state index contributed by atoms with van der Waals surface area (Å²) in [6.07, 6.45) is 0.183. The predicted octanol–water partition coefficient (Wildman–Crippen LogP) is 6.28. The standard InChI is InChI=1S/C34H35Cl2N3O5S/c1-4-37-34(41)31(20-25-11-7-5-8-12-25)38(22-26-16-17-27(35)21-29(26)36)33(40)23-39(30-19-24(2)15-18-32(30)44-3)45(42,43)28-13-9-6-10-14-28/h5-19,21,31H,4,20,22-23H2,1-3H3,(H,37,41)/t31-/m1/s1. The van der Waals surface area contributed by atoms with Gasteiger partial charge in [0.1, 0.15) is 18.3 Å². The number of ether oxygens (including phenoxy) is 1. The monoisotopic (exact) mass is 667 g/mol. The fourth-order valence-electron chi connectivity index (χ4n) is 4.91. The maximum atomic E-state index is 14.5. The number of sulfonamides is 1. The van der Waals surface area contributed by atoms with E-state index in [1.165, 1.54) is 24.1 Å². The Kier molecular flexibility index (Phi) is 11.5. The van der Waals surface area contributed by atoms with Gasteiger partial charge in [-0.15, -0.1) is 0 Å². The number of amides is 2. The predicted molar refractivity (Wildman–Crippen MR) is 178 cm³/mol. The second-order valence-electron chi connectivity index (χ2n) is 10.4. The largest absolute Gasteiger partial charge is 0.495 e. The number of aryl methyl sites for hydroxylation is 1. The average Bonchev–Trinajstić information content (AvgIpc) is 3.03. The third kappa shape index (κ3) is 8.36. The van der Waals surface area contributed by atoms with Crippen molar-refractivity contribution in [2.45, 2.75) is 37.8 Å². The molecule has 2 amide bonds. The molecule has 4 rings (SSSR count). The number of hydrogen-bond acceptors (Lipinski definition) is 5. The van der Waals surface area contributed by atoms with Crippen LogP contribution in [0.4, 0.5) is 5.69 Å². The Morgan fingerprint density at radius 2 is 1.58 bits per heavy atom. The maximum Gasteiger partial charge on any atom is 0.264 e. The molecule has 8 nitrogen and oxygen atoms in total. The highest BCUT2D eigenvalue weighted by molar-refractivity contribution is 7.92. The summed E-state index contributed by atoms with van der Waals surface area (Å²) < 4.78 is 35.0. The van der Waals surface area contributed by atoms with Gasteiger partial charge in [-0.3, -0.25) is 13.9 Å². The van der Waals surface area contributed by atoms with Gasteiger partial charge >= 0.3 is 0 Å². The lowest BCUT2D eigenvalue weighted by Crippen LogP contribution is -2.53. The van der Waals surface area contributed by atoms with Crippen LogP contribution in [0.2, 0.25) is 10.0 Å². The molecule has 236 valence electrons. The van der Waals surface area contributed by atoms with E-state index in [1.54, 1.807) is 61.5 Å². The Morgan fingerprint density at radius 1 is 0.911 bits per heavy atom. The first-order valence-electron chi connectivity index (χ1n) is 14.3. The van der Waals surface area contributed by atoms with Crippen molar-refractivity contribution >= 4 is 50.7 Å². The van der Waals surface area contributed by atoms with E-state index in [0.717, 1.165) is 15.4 Å². The highest BCUT2D eigenvalue weighted by atomic mass is 35.5. The van der Waals surface area contributed by atoms with Gasteiger partial charge in [0.2, 0.25) is 11.8 Å². The van der Waals surface area contributed by atoms with Gasteiger partial charge in [0.05, 0.1) is 17.7 Å². The minimum absolute atomic E-state index is 0.00165. The fraction of sp³-hybridized carbons (Fsp3) is 0.235. The van der Waals surface area contributed by atoms with Gasteiger partial charge in [-0.05, 0) is 66.9 Å². The minimum atomic E-state index is -4.27. The summed E-state index contributed by atoms with van der Waals surface area (Å²) in [4.78, 5) is 29.5. The van der Waals surface area contributed by atoms with Crippen LogP contribution in [0.1, 0.15) is 23.6 Å². The molecule has 4 aromatic carbocycles. The number of halogens is 2. The first-order valence-corrected chi connectivity index (χ1v) is 16.5. The van der Waals surface area contributed by atoms with Crippen molar-refractivity contribution in [3.05, 3.63) is 124 Å². The summed E-state index contributed by atoms with van der Waals surface area (Å²) in [5.41, 5.74) is 2.32. The molecule has 45 heavy (non-hydrogen) atoms. The van der Waals surface area contributed by atoms with Crippen LogP contribution in [-0.4, -0.2) is 51.4 Å². The van der Waals surface area contributed by atoms with Crippen molar-refractivity contribution in [2.24, 2.45) is 0 Å². The second kappa shape index (κ2) is 15.3. The van der Waals surface area contributed by atoms with Gasteiger partial charge in [-0.2, -0.15) is 0 Å². The van der Waals surface area contributed by atoms with Crippen molar-refractivity contribution in [1.82, 2.24) is 10.2 Å². The number of hydrogen-bond donors (Lipinski definition) is 1. The summed E-state index contributed by atoms with van der Waals surface area (Å²) in [6, 6.07) is 26.2. The number of benzene rings is 4. The summed E-state index contributed by atoms with van der Waals surface area (Å²) in [5.74, 6) is -0.730. The lowest BCUT2D eigenvalue weighted by molar-refractivity contribution is -0.140. The van der Waals surface area contributed by atoms with Crippen LogP contribution in [0.25, 0.3) is 0 Å².